The number of hydrogen-bond acceptors (Lipinski definition) is 10. The molecule has 3 fully saturated rings. The number of hydrogen-bond donors (Lipinski definition) is 4. The van der Waals surface area contributed by atoms with Crippen molar-refractivity contribution in [1.29, 1.82) is 0 Å². The van der Waals surface area contributed by atoms with Gasteiger partial charge in [0.15, 0.2) is 5.82 Å². The summed E-state index contributed by atoms with van der Waals surface area (Å²) in [6.45, 7) is 7.14. The number of fused-ring (bicyclic) bond motifs is 4. The third-order valence-corrected chi connectivity index (χ3v) is 9.49. The first-order valence-corrected chi connectivity index (χ1v) is 15.0. The van der Waals surface area contributed by atoms with Crippen LogP contribution in [0, 0.1) is 0 Å². The third-order valence-electron chi connectivity index (χ3n) is 9.49. The molecule has 3 atom stereocenters. The van der Waals surface area contributed by atoms with Crippen LogP contribution in [-0.4, -0.2) is 68.3 Å². The largest absolute Gasteiger partial charge is 0.394 e. The van der Waals surface area contributed by atoms with E-state index in [9.17, 15) is 9.90 Å². The minimum absolute atomic E-state index is 0.0370. The van der Waals surface area contributed by atoms with Gasteiger partial charge in [0.1, 0.15) is 11.4 Å². The quantitative estimate of drug-likeness (QED) is 0.237. The zero-order valence-electron chi connectivity index (χ0n) is 24.4. The maximum atomic E-state index is 12.5. The number of carbonyl (C=O) groups excluding carboxylic acids is 1. The van der Waals surface area contributed by atoms with Gasteiger partial charge in [-0.15, -0.1) is 0 Å². The van der Waals surface area contributed by atoms with Crippen molar-refractivity contribution in [1.82, 2.24) is 30.3 Å². The molecule has 0 spiro atoms. The second-order valence-corrected chi connectivity index (χ2v) is 12.0. The summed E-state index contributed by atoms with van der Waals surface area (Å²) in [6.07, 6.45) is 4.75. The molecule has 2 bridgehead atoms. The Morgan fingerprint density at radius 2 is 1.84 bits per heavy atom. The van der Waals surface area contributed by atoms with E-state index in [0.29, 0.717) is 28.8 Å². The Labute approximate surface area is 250 Å². The molecular formula is C32H36N8O3. The average molecular weight is 581 g/mol. The molecule has 222 valence electrons. The monoisotopic (exact) mass is 580 g/mol. The number of benzene rings is 2. The first kappa shape index (κ1) is 27.5. The SMILES string of the molecule is CC1NC(=O)c2ccc(Nc3ncc(-c4nc(C56CCN(CC5)CC6)no4)c(N[C@H](CO)c4ccccc4)n3)cc2C1C. The standard InChI is InChI=1S/C32H36N8O3/c1-19-20(2)34-28(42)23-9-8-22(16-24(19)23)35-31-33-17-25(27(37-31)36-26(18-41)21-6-4-3-5-7-21)29-38-30(39-43-29)32-10-13-40(14-11-32)15-12-32/h3-9,16-17,19-20,26,41H,10-15,18H2,1-2H3,(H,34,42)(H2,33,35,36,37)/t19?,20?,26-/m1/s1. The van der Waals surface area contributed by atoms with Crippen LogP contribution in [0.3, 0.4) is 0 Å². The number of aliphatic hydroxyl groups excluding tert-OH is 1. The van der Waals surface area contributed by atoms with Crippen LogP contribution in [-0.2, 0) is 5.41 Å². The molecule has 0 radical (unpaired) electrons. The molecule has 11 heteroatoms. The van der Waals surface area contributed by atoms with Crippen molar-refractivity contribution in [3.8, 4) is 11.5 Å². The first-order chi connectivity index (χ1) is 20.9. The Morgan fingerprint density at radius 1 is 1.07 bits per heavy atom. The van der Waals surface area contributed by atoms with E-state index < -0.39 is 6.04 Å². The van der Waals surface area contributed by atoms with Crippen molar-refractivity contribution in [2.45, 2.75) is 56.5 Å². The van der Waals surface area contributed by atoms with Gasteiger partial charge >= 0.3 is 0 Å². The van der Waals surface area contributed by atoms with Crippen LogP contribution in [0.5, 0.6) is 0 Å². The summed E-state index contributed by atoms with van der Waals surface area (Å²) in [6, 6.07) is 15.0. The van der Waals surface area contributed by atoms with E-state index in [0.717, 1.165) is 61.5 Å². The lowest BCUT2D eigenvalue weighted by Crippen LogP contribution is -2.51. The molecule has 0 saturated carbocycles. The summed E-state index contributed by atoms with van der Waals surface area (Å²) in [5.74, 6) is 2.01. The lowest BCUT2D eigenvalue weighted by atomic mass is 9.71. The smallest absolute Gasteiger partial charge is 0.263 e. The van der Waals surface area contributed by atoms with Crippen molar-refractivity contribution < 1.29 is 14.4 Å². The Bertz CT molecular complexity index is 1620. The fourth-order valence-corrected chi connectivity index (χ4v) is 6.54. The first-order valence-electron chi connectivity index (χ1n) is 15.0. The van der Waals surface area contributed by atoms with Crippen molar-refractivity contribution in [3.63, 3.8) is 0 Å². The number of amides is 1. The van der Waals surface area contributed by atoms with Gasteiger partial charge in [-0.1, -0.05) is 42.4 Å². The summed E-state index contributed by atoms with van der Waals surface area (Å²) in [5, 5.41) is 24.5. The lowest BCUT2D eigenvalue weighted by Gasteiger charge is -2.46. The normalized spacial score (nSPS) is 25.1. The Hall–Kier alpha value is -4.35. The number of aliphatic hydroxyl groups is 1. The van der Waals surface area contributed by atoms with Crippen LogP contribution in [0.1, 0.15) is 72.4 Å². The number of anilines is 3. The average Bonchev–Trinajstić information content (AvgIpc) is 3.55. The maximum absolute atomic E-state index is 12.5. The number of nitrogens with zero attached hydrogens (tertiary/aromatic N) is 5. The van der Waals surface area contributed by atoms with Crippen molar-refractivity contribution in [2.75, 3.05) is 36.9 Å². The van der Waals surface area contributed by atoms with Crippen LogP contribution in [0.4, 0.5) is 17.5 Å². The summed E-state index contributed by atoms with van der Waals surface area (Å²) in [7, 11) is 0. The number of aromatic nitrogens is 4. The molecule has 3 saturated heterocycles. The van der Waals surface area contributed by atoms with Gasteiger partial charge in [0.05, 0.1) is 12.6 Å². The van der Waals surface area contributed by atoms with E-state index in [2.05, 4.69) is 37.9 Å². The summed E-state index contributed by atoms with van der Waals surface area (Å²) >= 11 is 0. The second-order valence-electron chi connectivity index (χ2n) is 12.0. The van der Waals surface area contributed by atoms with Gasteiger partial charge in [0.25, 0.3) is 11.8 Å². The molecule has 11 nitrogen and oxygen atoms in total. The highest BCUT2D eigenvalue weighted by Crippen LogP contribution is 2.42. The Morgan fingerprint density at radius 3 is 2.58 bits per heavy atom. The lowest BCUT2D eigenvalue weighted by molar-refractivity contribution is 0.0747. The fourth-order valence-electron chi connectivity index (χ4n) is 6.54. The number of nitrogens with one attached hydrogen (secondary N) is 3. The van der Waals surface area contributed by atoms with Gasteiger partial charge in [-0.3, -0.25) is 4.79 Å². The van der Waals surface area contributed by atoms with Gasteiger partial charge in [-0.25, -0.2) is 4.98 Å². The molecule has 4 aliphatic heterocycles. The second kappa shape index (κ2) is 11.1. The number of carbonyl (C=O) groups is 1. The van der Waals surface area contributed by atoms with Crippen molar-refractivity contribution in [3.05, 3.63) is 77.2 Å². The summed E-state index contributed by atoms with van der Waals surface area (Å²) in [4.78, 5) is 29.3. The van der Waals surface area contributed by atoms with Crippen LogP contribution >= 0.6 is 0 Å². The van der Waals surface area contributed by atoms with Gasteiger partial charge < -0.3 is 30.5 Å². The molecule has 2 aromatic heterocycles. The molecule has 2 aromatic carbocycles. The minimum atomic E-state index is -0.420. The van der Waals surface area contributed by atoms with Crippen molar-refractivity contribution >= 4 is 23.4 Å². The number of rotatable bonds is 8. The van der Waals surface area contributed by atoms with Gasteiger partial charge in [-0.05, 0) is 75.1 Å². The van der Waals surface area contributed by atoms with Crippen molar-refractivity contribution in [2.24, 2.45) is 0 Å². The highest BCUT2D eigenvalue weighted by molar-refractivity contribution is 5.98. The van der Waals surface area contributed by atoms with Gasteiger partial charge in [0, 0.05) is 34.8 Å². The zero-order valence-corrected chi connectivity index (χ0v) is 24.4. The topological polar surface area (TPSA) is 141 Å². The third kappa shape index (κ3) is 5.12. The molecule has 43 heavy (non-hydrogen) atoms. The number of piperidine rings is 3. The predicted octanol–water partition coefficient (Wildman–Crippen LogP) is 4.39. The Balaban J connectivity index is 1.23. The molecule has 4 aliphatic rings. The van der Waals surface area contributed by atoms with E-state index in [1.807, 2.05) is 55.5 Å². The molecule has 4 N–H and O–H groups in total. The highest BCUT2D eigenvalue weighted by atomic mass is 16.5. The van der Waals surface area contributed by atoms with Gasteiger partial charge in [0.2, 0.25) is 5.95 Å². The van der Waals surface area contributed by atoms with Crippen LogP contribution in [0.25, 0.3) is 11.5 Å². The summed E-state index contributed by atoms with van der Waals surface area (Å²) in [5.41, 5.74) is 3.86. The minimum Gasteiger partial charge on any atom is -0.394 e. The van der Waals surface area contributed by atoms with E-state index in [1.165, 1.54) is 0 Å². The van der Waals surface area contributed by atoms with E-state index in [-0.39, 0.29) is 29.9 Å². The zero-order chi connectivity index (χ0) is 29.6. The maximum Gasteiger partial charge on any atom is 0.263 e. The van der Waals surface area contributed by atoms with E-state index in [4.69, 9.17) is 14.5 Å². The Kier molecular flexibility index (Phi) is 7.06. The molecule has 4 aromatic rings. The molecule has 6 heterocycles. The van der Waals surface area contributed by atoms with E-state index >= 15 is 0 Å². The van der Waals surface area contributed by atoms with Crippen LogP contribution in [0.15, 0.2) is 59.3 Å². The molecular weight excluding hydrogens is 544 g/mol. The summed E-state index contributed by atoms with van der Waals surface area (Å²) < 4.78 is 5.85. The highest BCUT2D eigenvalue weighted by Gasteiger charge is 2.44. The van der Waals surface area contributed by atoms with Gasteiger partial charge in [-0.2, -0.15) is 9.97 Å². The molecule has 1 amide bonds. The van der Waals surface area contributed by atoms with Crippen LogP contribution in [0.2, 0.25) is 0 Å². The predicted molar refractivity (Wildman–Crippen MR) is 162 cm³/mol. The van der Waals surface area contributed by atoms with Crippen LogP contribution < -0.4 is 16.0 Å². The molecule has 0 aliphatic carbocycles. The molecule has 8 rings (SSSR count). The van der Waals surface area contributed by atoms with E-state index in [1.54, 1.807) is 6.20 Å². The molecule has 2 unspecified atom stereocenters. The fraction of sp³-hybridized carbons (Fsp3) is 0.406.